The number of hydrogen-bond donors (Lipinski definition) is 3. The van der Waals surface area contributed by atoms with Crippen LogP contribution < -0.4 is 20.7 Å². The number of nitrogens with one attached hydrogen (secondary N) is 3. The summed E-state index contributed by atoms with van der Waals surface area (Å²) >= 11 is 6.05. The monoisotopic (exact) mass is 650 g/mol. The maximum atomic E-state index is 12.7. The Morgan fingerprint density at radius 3 is 2.24 bits per heavy atom. The van der Waals surface area contributed by atoms with Gasteiger partial charge in [-0.1, -0.05) is 42.7 Å². The van der Waals surface area contributed by atoms with Crippen LogP contribution in [-0.2, 0) is 9.47 Å². The topological polar surface area (TPSA) is 136 Å². The van der Waals surface area contributed by atoms with Crippen molar-refractivity contribution < 1.29 is 23.8 Å². The van der Waals surface area contributed by atoms with Crippen LogP contribution in [0.1, 0.15) is 78.6 Å². The number of halogens is 1. The molecule has 12 heteroatoms. The van der Waals surface area contributed by atoms with Gasteiger partial charge in [0.2, 0.25) is 5.96 Å². The van der Waals surface area contributed by atoms with Crippen LogP contribution in [0.2, 0.25) is 5.02 Å². The first kappa shape index (κ1) is 34.5. The second-order valence-corrected chi connectivity index (χ2v) is 13.5. The first-order chi connectivity index (χ1) is 21.7. The van der Waals surface area contributed by atoms with E-state index in [1.54, 1.807) is 48.7 Å². The number of amides is 2. The third-order valence-corrected chi connectivity index (χ3v) is 7.09. The fraction of sp³-hybridized carbons (Fsp3) is 0.441. The quantitative estimate of drug-likeness (QED) is 0.182. The lowest BCUT2D eigenvalue weighted by Gasteiger charge is -2.34. The molecule has 3 N–H and O–H groups in total. The van der Waals surface area contributed by atoms with E-state index in [0.717, 1.165) is 42.1 Å². The minimum atomic E-state index is -0.836. The molecule has 1 fully saturated rings. The first-order valence-electron chi connectivity index (χ1n) is 15.3. The van der Waals surface area contributed by atoms with Gasteiger partial charge in [0, 0.05) is 22.5 Å². The van der Waals surface area contributed by atoms with Gasteiger partial charge >= 0.3 is 12.2 Å². The number of rotatable bonds is 6. The Labute approximate surface area is 275 Å². The van der Waals surface area contributed by atoms with E-state index in [0.29, 0.717) is 22.4 Å². The molecular weight excluding hydrogens is 608 g/mol. The Morgan fingerprint density at radius 2 is 1.59 bits per heavy atom. The highest BCUT2D eigenvalue weighted by molar-refractivity contribution is 6.30. The number of ether oxygens (including phenoxy) is 3. The predicted octanol–water partition coefficient (Wildman–Crippen LogP) is 7.59. The fourth-order valence-electron chi connectivity index (χ4n) is 4.88. The van der Waals surface area contributed by atoms with Crippen LogP contribution in [0.4, 0.5) is 15.4 Å². The highest BCUT2D eigenvalue weighted by atomic mass is 35.5. The van der Waals surface area contributed by atoms with Crippen LogP contribution in [-0.4, -0.2) is 58.5 Å². The summed E-state index contributed by atoms with van der Waals surface area (Å²) in [5, 5.41) is 11.0. The molecule has 2 amide bonds. The van der Waals surface area contributed by atoms with Crippen molar-refractivity contribution in [1.82, 2.24) is 20.6 Å². The molecule has 1 aromatic heterocycles. The standard InChI is InChI=1S/C34H43ClN6O5/c1-33(2,3)45-31(42)40-30(41-32(43)46-34(4,5)6)38-27-11-9-8-10-26(27)37-29-24-20-23(44-7)17-18-25(24)36-28(39-29)19-14-21-12-15-22(35)16-13-21/h12-20,26-27H,8-11H2,1-7H3,(H,36,37,39)(H2,38,40,41,42,43)/t26-,27+/m0/s1. The zero-order valence-electron chi connectivity index (χ0n) is 27.4. The largest absolute Gasteiger partial charge is 0.497 e. The molecule has 1 aliphatic carbocycles. The lowest BCUT2D eigenvalue weighted by atomic mass is 9.90. The lowest BCUT2D eigenvalue weighted by molar-refractivity contribution is 0.0560. The molecule has 0 bridgehead atoms. The molecule has 0 radical (unpaired) electrons. The summed E-state index contributed by atoms with van der Waals surface area (Å²) in [4.78, 5) is 39.1. The first-order valence-corrected chi connectivity index (χ1v) is 15.7. The zero-order valence-corrected chi connectivity index (χ0v) is 28.2. The number of aliphatic imine (C=N–C) groups is 1. The van der Waals surface area contributed by atoms with Gasteiger partial charge < -0.3 is 24.8 Å². The molecule has 0 saturated heterocycles. The number of aromatic nitrogens is 2. The average Bonchev–Trinajstić information content (AvgIpc) is 2.95. The van der Waals surface area contributed by atoms with Crippen molar-refractivity contribution in [3.05, 3.63) is 58.9 Å². The number of fused-ring (bicyclic) bond motifs is 1. The van der Waals surface area contributed by atoms with Gasteiger partial charge in [0.05, 0.1) is 12.6 Å². The van der Waals surface area contributed by atoms with E-state index in [-0.39, 0.29) is 18.0 Å². The number of guanidine groups is 1. The molecular formula is C34H43ClN6O5. The number of benzene rings is 2. The van der Waals surface area contributed by atoms with Crippen LogP contribution >= 0.6 is 11.6 Å². The minimum absolute atomic E-state index is 0.0528. The van der Waals surface area contributed by atoms with E-state index < -0.39 is 23.4 Å². The Bertz CT molecular complexity index is 1590. The van der Waals surface area contributed by atoms with Gasteiger partial charge in [-0.15, -0.1) is 4.99 Å². The van der Waals surface area contributed by atoms with Gasteiger partial charge in [0.15, 0.2) is 5.82 Å². The lowest BCUT2D eigenvalue weighted by Crippen LogP contribution is -2.54. The molecule has 1 heterocycles. The molecule has 46 heavy (non-hydrogen) atoms. The van der Waals surface area contributed by atoms with Crippen LogP contribution in [0.5, 0.6) is 5.75 Å². The molecule has 2 aromatic carbocycles. The minimum Gasteiger partial charge on any atom is -0.497 e. The van der Waals surface area contributed by atoms with Gasteiger partial charge in [-0.25, -0.2) is 19.6 Å². The predicted molar refractivity (Wildman–Crippen MR) is 182 cm³/mol. The van der Waals surface area contributed by atoms with Crippen LogP contribution in [0.3, 0.4) is 0 Å². The normalized spacial score (nSPS) is 17.4. The van der Waals surface area contributed by atoms with E-state index in [9.17, 15) is 9.59 Å². The van der Waals surface area contributed by atoms with Crippen molar-refractivity contribution in [3.63, 3.8) is 0 Å². The van der Waals surface area contributed by atoms with Crippen molar-refractivity contribution >= 4 is 58.6 Å². The molecule has 2 atom stereocenters. The van der Waals surface area contributed by atoms with Gasteiger partial charge in [-0.2, -0.15) is 0 Å². The summed E-state index contributed by atoms with van der Waals surface area (Å²) in [5.41, 5.74) is 0.197. The van der Waals surface area contributed by atoms with Crippen molar-refractivity contribution in [3.8, 4) is 5.75 Å². The SMILES string of the molecule is COc1ccc2nc(C=Cc3ccc(Cl)cc3)nc(N[C@H]3CCCC[C@H]3NC(=NC(=O)OC(C)(C)C)NC(=O)OC(C)(C)C)c2c1. The van der Waals surface area contributed by atoms with Gasteiger partial charge in [0.1, 0.15) is 22.8 Å². The number of hydrogen-bond acceptors (Lipinski definition) is 8. The second kappa shape index (κ2) is 14.8. The summed E-state index contributed by atoms with van der Waals surface area (Å²) < 4.78 is 16.3. The molecule has 246 valence electrons. The smallest absolute Gasteiger partial charge is 0.437 e. The van der Waals surface area contributed by atoms with E-state index in [1.165, 1.54) is 0 Å². The Kier molecular flexibility index (Phi) is 11.1. The van der Waals surface area contributed by atoms with Gasteiger partial charge in [-0.05, 0) is 96.4 Å². The molecule has 11 nitrogen and oxygen atoms in total. The summed E-state index contributed by atoms with van der Waals surface area (Å²) in [6.07, 6.45) is 5.67. The molecule has 1 aliphatic rings. The Hall–Kier alpha value is -4.38. The highest BCUT2D eigenvalue weighted by Gasteiger charge is 2.29. The molecule has 4 rings (SSSR count). The summed E-state index contributed by atoms with van der Waals surface area (Å²) in [5.74, 6) is 1.77. The number of carbonyl (C=O) groups is 2. The molecule has 0 unspecified atom stereocenters. The number of nitrogens with zero attached hydrogens (tertiary/aromatic N) is 3. The maximum Gasteiger partial charge on any atom is 0.437 e. The molecule has 0 spiro atoms. The fourth-order valence-corrected chi connectivity index (χ4v) is 5.01. The van der Waals surface area contributed by atoms with Crippen LogP contribution in [0, 0.1) is 0 Å². The van der Waals surface area contributed by atoms with Crippen molar-refractivity contribution in [1.29, 1.82) is 0 Å². The third-order valence-electron chi connectivity index (χ3n) is 6.84. The summed E-state index contributed by atoms with van der Waals surface area (Å²) in [7, 11) is 1.61. The van der Waals surface area contributed by atoms with E-state index in [4.69, 9.17) is 35.8 Å². The molecule has 1 saturated carbocycles. The van der Waals surface area contributed by atoms with E-state index in [1.807, 2.05) is 54.6 Å². The number of alkyl carbamates (subject to hydrolysis) is 1. The number of anilines is 1. The number of methoxy groups -OCH3 is 1. The summed E-state index contributed by atoms with van der Waals surface area (Å²) in [6.45, 7) is 10.5. The third kappa shape index (κ3) is 10.6. The van der Waals surface area contributed by atoms with Gasteiger partial charge in [-0.3, -0.25) is 5.32 Å². The van der Waals surface area contributed by atoms with E-state index >= 15 is 0 Å². The van der Waals surface area contributed by atoms with Crippen molar-refractivity contribution in [2.45, 2.75) is 90.5 Å². The van der Waals surface area contributed by atoms with Crippen LogP contribution in [0.25, 0.3) is 23.1 Å². The zero-order chi connectivity index (χ0) is 33.5. The number of carbonyl (C=O) groups excluding carboxylic acids is 2. The molecule has 3 aromatic rings. The second-order valence-electron chi connectivity index (χ2n) is 13.1. The summed E-state index contributed by atoms with van der Waals surface area (Å²) in [6, 6.07) is 12.8. The average molecular weight is 651 g/mol. The Balaban J connectivity index is 1.64. The maximum absolute atomic E-state index is 12.7. The highest BCUT2D eigenvalue weighted by Crippen LogP contribution is 2.29. The van der Waals surface area contributed by atoms with Gasteiger partial charge in [0.25, 0.3) is 0 Å². The van der Waals surface area contributed by atoms with Crippen molar-refractivity contribution in [2.75, 3.05) is 12.4 Å². The Morgan fingerprint density at radius 1 is 0.913 bits per heavy atom. The molecule has 0 aliphatic heterocycles. The van der Waals surface area contributed by atoms with E-state index in [2.05, 4.69) is 20.9 Å². The van der Waals surface area contributed by atoms with Crippen molar-refractivity contribution in [2.24, 2.45) is 4.99 Å². The van der Waals surface area contributed by atoms with Crippen LogP contribution in [0.15, 0.2) is 47.5 Å².